The van der Waals surface area contributed by atoms with Gasteiger partial charge in [-0.15, -0.1) is 0 Å². The molecule has 0 bridgehead atoms. The lowest BCUT2D eigenvalue weighted by Crippen LogP contribution is -2.40. The van der Waals surface area contributed by atoms with Gasteiger partial charge in [0.05, 0.1) is 0 Å². The summed E-state index contributed by atoms with van der Waals surface area (Å²) in [6.45, 7) is 1.75. The van der Waals surface area contributed by atoms with Crippen LogP contribution in [0.4, 0.5) is 17.6 Å². The van der Waals surface area contributed by atoms with Crippen molar-refractivity contribution in [1.29, 1.82) is 0 Å². The van der Waals surface area contributed by atoms with Crippen LogP contribution in [0.2, 0.25) is 0 Å². The fraction of sp³-hybridized carbons (Fsp3) is 0.0769. The van der Waals surface area contributed by atoms with Gasteiger partial charge < -0.3 is 9.31 Å². The highest BCUT2D eigenvalue weighted by Crippen LogP contribution is 2.41. The van der Waals surface area contributed by atoms with Gasteiger partial charge in [0.2, 0.25) is 23.3 Å². The van der Waals surface area contributed by atoms with E-state index in [2.05, 4.69) is 0 Å². The largest absolute Gasteiger partial charge is 0.633 e. The monoisotopic (exact) mass is 282 g/mol. The molecule has 7 heteroatoms. The van der Waals surface area contributed by atoms with Crippen molar-refractivity contribution < 1.29 is 26.9 Å². The van der Waals surface area contributed by atoms with Gasteiger partial charge in [0.1, 0.15) is 0 Å². The summed E-state index contributed by atoms with van der Waals surface area (Å²) in [4.78, 5) is 0. The molecule has 1 aliphatic heterocycles. The van der Waals surface area contributed by atoms with Gasteiger partial charge >= 0.3 is 7.12 Å². The number of rotatable bonds is 1. The van der Waals surface area contributed by atoms with Gasteiger partial charge in [-0.1, -0.05) is 24.3 Å². The normalized spacial score (nSPS) is 12.9. The van der Waals surface area contributed by atoms with E-state index in [1.54, 1.807) is 31.2 Å². The van der Waals surface area contributed by atoms with E-state index in [1.807, 2.05) is 0 Å². The van der Waals surface area contributed by atoms with E-state index in [-0.39, 0.29) is 0 Å². The molecular formula is C13H7BF4O2. The van der Waals surface area contributed by atoms with Crippen LogP contribution in [0.3, 0.4) is 0 Å². The van der Waals surface area contributed by atoms with Crippen LogP contribution in [0.5, 0.6) is 11.5 Å². The Morgan fingerprint density at radius 1 is 0.800 bits per heavy atom. The molecule has 0 N–H and O–H groups in total. The third kappa shape index (κ3) is 1.73. The van der Waals surface area contributed by atoms with Crippen LogP contribution in [-0.2, 0) is 0 Å². The lowest BCUT2D eigenvalue weighted by molar-refractivity contribution is 0.388. The highest BCUT2D eigenvalue weighted by atomic mass is 19.2. The maximum Gasteiger partial charge on any atom is 0.633 e. The molecule has 0 aromatic heterocycles. The molecule has 1 heterocycles. The predicted octanol–water partition coefficient (Wildman–Crippen LogP) is 2.72. The zero-order valence-electron chi connectivity index (χ0n) is 10.2. The van der Waals surface area contributed by atoms with Crippen molar-refractivity contribution in [2.24, 2.45) is 0 Å². The third-order valence-corrected chi connectivity index (χ3v) is 3.08. The summed E-state index contributed by atoms with van der Waals surface area (Å²) in [6.07, 6.45) is 0. The number of fused-ring (bicyclic) bond motifs is 1. The Labute approximate surface area is 112 Å². The summed E-state index contributed by atoms with van der Waals surface area (Å²) in [7, 11) is -1.14. The third-order valence-electron chi connectivity index (χ3n) is 3.08. The minimum absolute atomic E-state index is 0.517. The van der Waals surface area contributed by atoms with Crippen molar-refractivity contribution in [3.05, 3.63) is 53.1 Å². The van der Waals surface area contributed by atoms with Gasteiger partial charge in [0.25, 0.3) is 0 Å². The predicted molar refractivity (Wildman–Crippen MR) is 64.1 cm³/mol. The molecule has 0 unspecified atom stereocenters. The van der Waals surface area contributed by atoms with E-state index in [4.69, 9.17) is 9.31 Å². The van der Waals surface area contributed by atoms with Gasteiger partial charge in [0.15, 0.2) is 11.5 Å². The quantitative estimate of drug-likeness (QED) is 0.346. The standard InChI is InChI=1S/C13H7BF4O2/c1-6-4-2-3-5-7(6)14-19-12-10(17)8(15)9(16)11(18)13(12)20-14/h2-5H,1H3. The molecule has 3 rings (SSSR count). The summed E-state index contributed by atoms with van der Waals surface area (Å²) in [5.41, 5.74) is 1.27. The van der Waals surface area contributed by atoms with Crippen LogP contribution < -0.4 is 14.8 Å². The maximum absolute atomic E-state index is 13.5. The van der Waals surface area contributed by atoms with Crippen LogP contribution in [-0.4, -0.2) is 7.12 Å². The Morgan fingerprint density at radius 2 is 1.30 bits per heavy atom. The maximum atomic E-state index is 13.5. The molecule has 0 amide bonds. The minimum Gasteiger partial charge on any atom is -0.517 e. The van der Waals surface area contributed by atoms with Crippen molar-refractivity contribution >= 4 is 12.6 Å². The van der Waals surface area contributed by atoms with E-state index in [9.17, 15) is 17.6 Å². The Balaban J connectivity index is 2.08. The second-order valence-corrected chi connectivity index (χ2v) is 4.34. The first-order valence-electron chi connectivity index (χ1n) is 5.75. The van der Waals surface area contributed by atoms with E-state index in [1.165, 1.54) is 0 Å². The van der Waals surface area contributed by atoms with Crippen molar-refractivity contribution in [2.75, 3.05) is 0 Å². The van der Waals surface area contributed by atoms with Gasteiger partial charge in [-0.05, 0) is 12.5 Å². The number of aryl methyl sites for hydroxylation is 1. The average Bonchev–Trinajstić information content (AvgIpc) is 2.88. The van der Waals surface area contributed by atoms with E-state index >= 15 is 0 Å². The fourth-order valence-electron chi connectivity index (χ4n) is 2.02. The van der Waals surface area contributed by atoms with Crippen LogP contribution in [0.1, 0.15) is 5.56 Å². The number of hydrogen-bond acceptors (Lipinski definition) is 2. The number of halogens is 4. The minimum atomic E-state index is -1.92. The second-order valence-electron chi connectivity index (χ2n) is 4.34. The number of benzene rings is 2. The molecule has 0 saturated heterocycles. The molecule has 0 saturated carbocycles. The summed E-state index contributed by atoms with van der Waals surface area (Å²) in [5, 5.41) is 0. The summed E-state index contributed by atoms with van der Waals surface area (Å²) < 4.78 is 63.5. The van der Waals surface area contributed by atoms with Gasteiger partial charge in [-0.3, -0.25) is 0 Å². The smallest absolute Gasteiger partial charge is 0.517 e. The van der Waals surface area contributed by atoms with Crippen molar-refractivity contribution in [3.8, 4) is 11.5 Å². The molecule has 2 aromatic carbocycles. The molecule has 0 atom stereocenters. The molecular weight excluding hydrogens is 275 g/mol. The average molecular weight is 282 g/mol. The first-order valence-corrected chi connectivity index (χ1v) is 5.75. The van der Waals surface area contributed by atoms with Gasteiger partial charge in [-0.25, -0.2) is 8.78 Å². The topological polar surface area (TPSA) is 18.5 Å². The number of hydrogen-bond donors (Lipinski definition) is 0. The Hall–Kier alpha value is -2.18. The molecule has 0 fully saturated rings. The van der Waals surface area contributed by atoms with Crippen molar-refractivity contribution in [2.45, 2.75) is 6.92 Å². The first-order chi connectivity index (χ1) is 9.50. The lowest BCUT2D eigenvalue weighted by atomic mass is 9.76. The van der Waals surface area contributed by atoms with E-state index < -0.39 is 41.9 Å². The first kappa shape index (κ1) is 12.8. The molecule has 0 spiro atoms. The molecule has 1 aliphatic rings. The SMILES string of the molecule is Cc1ccccc1B1Oc2c(F)c(F)c(F)c(F)c2O1. The Morgan fingerprint density at radius 3 is 1.80 bits per heavy atom. The highest BCUT2D eigenvalue weighted by Gasteiger charge is 2.41. The summed E-state index contributed by atoms with van der Waals surface area (Å²) in [5.74, 6) is -8.56. The molecule has 2 nitrogen and oxygen atoms in total. The van der Waals surface area contributed by atoms with Gasteiger partial charge in [-0.2, -0.15) is 8.78 Å². The molecule has 20 heavy (non-hydrogen) atoms. The highest BCUT2D eigenvalue weighted by molar-refractivity contribution is 6.64. The fourth-order valence-corrected chi connectivity index (χ4v) is 2.02. The van der Waals surface area contributed by atoms with Crippen LogP contribution in [0.25, 0.3) is 0 Å². The van der Waals surface area contributed by atoms with Crippen molar-refractivity contribution in [3.63, 3.8) is 0 Å². The zero-order chi connectivity index (χ0) is 14.4. The lowest BCUT2D eigenvalue weighted by Gasteiger charge is -2.07. The molecule has 2 aromatic rings. The molecule has 0 aliphatic carbocycles. The van der Waals surface area contributed by atoms with Crippen molar-refractivity contribution in [1.82, 2.24) is 0 Å². The molecule has 0 radical (unpaired) electrons. The summed E-state index contributed by atoms with van der Waals surface area (Å²) >= 11 is 0. The Kier molecular flexibility index (Phi) is 2.85. The van der Waals surface area contributed by atoms with E-state index in [0.29, 0.717) is 5.46 Å². The van der Waals surface area contributed by atoms with E-state index in [0.717, 1.165) is 5.56 Å². The van der Waals surface area contributed by atoms with Crippen LogP contribution >= 0.6 is 0 Å². The van der Waals surface area contributed by atoms with Crippen LogP contribution in [0.15, 0.2) is 24.3 Å². The summed E-state index contributed by atoms with van der Waals surface area (Å²) in [6, 6.07) is 6.83. The van der Waals surface area contributed by atoms with Crippen LogP contribution in [0, 0.1) is 30.2 Å². The molecule has 102 valence electrons. The Bertz CT molecular complexity index is 668. The van der Waals surface area contributed by atoms with Gasteiger partial charge in [0, 0.05) is 5.46 Å². The second kappa shape index (κ2) is 4.43. The zero-order valence-corrected chi connectivity index (χ0v) is 10.2.